The molecular weight excluding hydrogens is 264 g/mol. The van der Waals surface area contributed by atoms with Crippen LogP contribution in [0.15, 0.2) is 6.20 Å². The summed E-state index contributed by atoms with van der Waals surface area (Å²) in [5.74, 6) is 0.933. The Kier molecular flexibility index (Phi) is 3.13. The summed E-state index contributed by atoms with van der Waals surface area (Å²) in [4.78, 5) is 9.55. The zero-order valence-electron chi connectivity index (χ0n) is 9.30. The molecule has 0 aromatic carbocycles. The zero-order chi connectivity index (χ0) is 12.6. The van der Waals surface area contributed by atoms with E-state index in [-0.39, 0.29) is 23.5 Å². The molecule has 1 atom stereocenters. The van der Waals surface area contributed by atoms with E-state index in [4.69, 9.17) is 17.3 Å². The fraction of sp³-hybridized carbons (Fsp3) is 0.556. The summed E-state index contributed by atoms with van der Waals surface area (Å²) in [6, 6.07) is -0.105. The number of nitrogens with two attached hydrogens (primary N) is 1. The molecule has 0 bridgehead atoms. The van der Waals surface area contributed by atoms with Crippen LogP contribution in [0.3, 0.4) is 0 Å². The van der Waals surface area contributed by atoms with Crippen LogP contribution < -0.4 is 10.6 Å². The van der Waals surface area contributed by atoms with Gasteiger partial charge in [0.15, 0.2) is 15.7 Å². The summed E-state index contributed by atoms with van der Waals surface area (Å²) in [5.41, 5.74) is 5.49. The van der Waals surface area contributed by atoms with Gasteiger partial charge in [-0.2, -0.15) is 4.98 Å². The molecular formula is C9H13ClN4O2S. The Morgan fingerprint density at radius 1 is 1.59 bits per heavy atom. The van der Waals surface area contributed by atoms with E-state index >= 15 is 0 Å². The molecule has 2 N–H and O–H groups in total. The van der Waals surface area contributed by atoms with Crippen molar-refractivity contribution in [3.63, 3.8) is 0 Å². The summed E-state index contributed by atoms with van der Waals surface area (Å²) in [5, 5.41) is 0.367. The van der Waals surface area contributed by atoms with E-state index in [1.807, 2.05) is 0 Å². The summed E-state index contributed by atoms with van der Waals surface area (Å²) in [6.45, 7) is 0. The maximum absolute atomic E-state index is 11.4. The molecule has 0 saturated carbocycles. The first-order valence-corrected chi connectivity index (χ1v) is 7.30. The lowest BCUT2D eigenvalue weighted by molar-refractivity contribution is 0.600. The molecule has 6 nitrogen and oxygen atoms in total. The summed E-state index contributed by atoms with van der Waals surface area (Å²) >= 11 is 5.97. The number of hydrogen-bond acceptors (Lipinski definition) is 6. The number of aromatic nitrogens is 2. The van der Waals surface area contributed by atoms with Crippen LogP contribution in [-0.4, -0.2) is 43.0 Å². The van der Waals surface area contributed by atoms with Crippen molar-refractivity contribution in [1.29, 1.82) is 0 Å². The lowest BCUT2D eigenvalue weighted by Crippen LogP contribution is -2.33. The van der Waals surface area contributed by atoms with E-state index in [1.54, 1.807) is 11.9 Å². The molecule has 1 aliphatic heterocycles. The Bertz CT molecular complexity index is 534. The minimum Gasteiger partial charge on any atom is -0.368 e. The van der Waals surface area contributed by atoms with Crippen molar-refractivity contribution in [2.45, 2.75) is 12.5 Å². The van der Waals surface area contributed by atoms with Gasteiger partial charge in [0.25, 0.3) is 0 Å². The average Bonchev–Trinajstić information content (AvgIpc) is 2.61. The second-order valence-electron chi connectivity index (χ2n) is 4.07. The molecule has 17 heavy (non-hydrogen) atoms. The van der Waals surface area contributed by atoms with Gasteiger partial charge < -0.3 is 10.6 Å². The number of nitrogen functional groups attached to an aromatic ring is 1. The minimum atomic E-state index is -2.93. The van der Waals surface area contributed by atoms with E-state index in [0.717, 1.165) is 0 Å². The largest absolute Gasteiger partial charge is 0.368 e. The second kappa shape index (κ2) is 4.30. The van der Waals surface area contributed by atoms with Gasteiger partial charge in [-0.25, -0.2) is 13.4 Å². The number of halogens is 1. The Morgan fingerprint density at radius 2 is 2.29 bits per heavy atom. The van der Waals surface area contributed by atoms with Gasteiger partial charge in [-0.05, 0) is 6.42 Å². The Labute approximate surface area is 105 Å². The zero-order valence-corrected chi connectivity index (χ0v) is 10.9. The minimum absolute atomic E-state index is 0.105. The molecule has 1 aromatic rings. The quantitative estimate of drug-likeness (QED) is 0.838. The second-order valence-corrected chi connectivity index (χ2v) is 6.70. The first-order valence-electron chi connectivity index (χ1n) is 5.10. The predicted molar refractivity (Wildman–Crippen MR) is 66.9 cm³/mol. The van der Waals surface area contributed by atoms with Crippen molar-refractivity contribution in [1.82, 2.24) is 9.97 Å². The molecule has 8 heteroatoms. The Morgan fingerprint density at radius 3 is 2.88 bits per heavy atom. The topological polar surface area (TPSA) is 89.2 Å². The third kappa shape index (κ3) is 2.61. The van der Waals surface area contributed by atoms with Crippen LogP contribution in [0.25, 0.3) is 0 Å². The monoisotopic (exact) mass is 276 g/mol. The van der Waals surface area contributed by atoms with E-state index in [2.05, 4.69) is 9.97 Å². The first kappa shape index (κ1) is 12.4. The molecule has 0 radical (unpaired) electrons. The van der Waals surface area contributed by atoms with E-state index in [1.165, 1.54) is 6.20 Å². The predicted octanol–water partition coefficient (Wildman–Crippen LogP) is 0.335. The van der Waals surface area contributed by atoms with Crippen molar-refractivity contribution >= 4 is 33.2 Å². The van der Waals surface area contributed by atoms with Crippen LogP contribution >= 0.6 is 11.6 Å². The van der Waals surface area contributed by atoms with Crippen LogP contribution in [0.1, 0.15) is 6.42 Å². The third-order valence-corrected chi connectivity index (χ3v) is 4.85. The molecule has 1 unspecified atom stereocenters. The van der Waals surface area contributed by atoms with Crippen LogP contribution in [-0.2, 0) is 9.84 Å². The highest BCUT2D eigenvalue weighted by atomic mass is 35.5. The molecule has 1 saturated heterocycles. The van der Waals surface area contributed by atoms with Crippen LogP contribution in [0.4, 0.5) is 11.8 Å². The lowest BCUT2D eigenvalue weighted by Gasteiger charge is -2.25. The maximum atomic E-state index is 11.4. The summed E-state index contributed by atoms with van der Waals surface area (Å²) in [6.07, 6.45) is 2.00. The number of sulfone groups is 1. The van der Waals surface area contributed by atoms with E-state index < -0.39 is 9.84 Å². The summed E-state index contributed by atoms with van der Waals surface area (Å²) < 4.78 is 22.8. The number of rotatable bonds is 2. The van der Waals surface area contributed by atoms with Gasteiger partial charge in [0.2, 0.25) is 5.95 Å². The number of anilines is 2. The van der Waals surface area contributed by atoms with Crippen molar-refractivity contribution < 1.29 is 8.42 Å². The Balaban J connectivity index is 2.26. The maximum Gasteiger partial charge on any atom is 0.222 e. The molecule has 1 fully saturated rings. The van der Waals surface area contributed by atoms with Crippen LogP contribution in [0, 0.1) is 0 Å². The van der Waals surface area contributed by atoms with Crippen molar-refractivity contribution in [3.05, 3.63) is 11.2 Å². The highest BCUT2D eigenvalue weighted by Crippen LogP contribution is 2.27. The van der Waals surface area contributed by atoms with E-state index in [9.17, 15) is 8.42 Å². The van der Waals surface area contributed by atoms with Gasteiger partial charge in [0.05, 0.1) is 17.7 Å². The third-order valence-electron chi connectivity index (χ3n) is 2.83. The van der Waals surface area contributed by atoms with Crippen molar-refractivity contribution in [3.8, 4) is 0 Å². The smallest absolute Gasteiger partial charge is 0.222 e. The fourth-order valence-electron chi connectivity index (χ4n) is 1.87. The van der Waals surface area contributed by atoms with Crippen molar-refractivity contribution in [2.24, 2.45) is 0 Å². The molecule has 0 amide bonds. The molecule has 2 rings (SSSR count). The van der Waals surface area contributed by atoms with Crippen LogP contribution in [0.2, 0.25) is 5.02 Å². The molecule has 94 valence electrons. The SMILES string of the molecule is CN(c1nc(N)ncc1Cl)C1CCS(=O)(=O)C1. The fourth-order valence-corrected chi connectivity index (χ4v) is 3.87. The molecule has 2 heterocycles. The van der Waals surface area contributed by atoms with Gasteiger partial charge in [-0.15, -0.1) is 0 Å². The van der Waals surface area contributed by atoms with Gasteiger partial charge in [0.1, 0.15) is 5.02 Å². The summed E-state index contributed by atoms with van der Waals surface area (Å²) in [7, 11) is -1.17. The lowest BCUT2D eigenvalue weighted by atomic mass is 10.2. The highest BCUT2D eigenvalue weighted by Gasteiger charge is 2.32. The number of hydrogen-bond donors (Lipinski definition) is 1. The van der Waals surface area contributed by atoms with Gasteiger partial charge in [0, 0.05) is 13.1 Å². The number of nitrogens with zero attached hydrogens (tertiary/aromatic N) is 3. The van der Waals surface area contributed by atoms with Crippen molar-refractivity contribution in [2.75, 3.05) is 29.2 Å². The average molecular weight is 277 g/mol. The van der Waals surface area contributed by atoms with Gasteiger partial charge in [-0.3, -0.25) is 0 Å². The molecule has 1 aliphatic rings. The normalized spacial score (nSPS) is 22.6. The molecule has 1 aromatic heterocycles. The Hall–Kier alpha value is -1.08. The van der Waals surface area contributed by atoms with E-state index in [0.29, 0.717) is 17.3 Å². The molecule has 0 spiro atoms. The van der Waals surface area contributed by atoms with Crippen LogP contribution in [0.5, 0.6) is 0 Å². The van der Waals surface area contributed by atoms with Gasteiger partial charge >= 0.3 is 0 Å². The standard InChI is InChI=1S/C9H13ClN4O2S/c1-14(6-2-3-17(15,16)5-6)8-7(10)4-12-9(11)13-8/h4,6H,2-3,5H2,1H3,(H2,11,12,13). The van der Waals surface area contributed by atoms with Gasteiger partial charge in [-0.1, -0.05) is 11.6 Å². The molecule has 0 aliphatic carbocycles. The highest BCUT2D eigenvalue weighted by molar-refractivity contribution is 7.91. The first-order chi connectivity index (χ1) is 7.89.